The lowest BCUT2D eigenvalue weighted by atomic mass is 9.94. The van der Waals surface area contributed by atoms with Crippen molar-refractivity contribution in [3.63, 3.8) is 0 Å². The number of rotatable bonds is 8. The molecule has 0 bridgehead atoms. The number of thioether (sulfide) groups is 1. The maximum atomic E-state index is 13.2. The van der Waals surface area contributed by atoms with Crippen molar-refractivity contribution >= 4 is 40.9 Å². The van der Waals surface area contributed by atoms with E-state index in [9.17, 15) is 14.4 Å². The molecule has 0 radical (unpaired) electrons. The normalized spacial score (nSPS) is 16.3. The van der Waals surface area contributed by atoms with Crippen LogP contribution in [0.1, 0.15) is 55.3 Å². The summed E-state index contributed by atoms with van der Waals surface area (Å²) in [7, 11) is 3.46. The molecule has 1 saturated heterocycles. The fourth-order valence-corrected chi connectivity index (χ4v) is 5.75. The molecule has 8 heteroatoms. The van der Waals surface area contributed by atoms with Gasteiger partial charge in [-0.25, -0.2) is 0 Å². The van der Waals surface area contributed by atoms with Crippen LogP contribution in [0.5, 0.6) is 5.75 Å². The molecule has 2 aromatic rings. The largest absolute Gasteiger partial charge is 0.495 e. The fourth-order valence-electron chi connectivity index (χ4n) is 4.77. The van der Waals surface area contributed by atoms with Gasteiger partial charge in [0, 0.05) is 36.6 Å². The molecule has 0 aromatic heterocycles. The zero-order valence-corrected chi connectivity index (χ0v) is 21.2. The Morgan fingerprint density at radius 2 is 1.89 bits per heavy atom. The summed E-state index contributed by atoms with van der Waals surface area (Å²) < 4.78 is 5.44. The summed E-state index contributed by atoms with van der Waals surface area (Å²) in [6.07, 6.45) is 7.06. The molecule has 0 spiro atoms. The highest BCUT2D eigenvalue weighted by Crippen LogP contribution is 2.34. The molecule has 0 atom stereocenters. The van der Waals surface area contributed by atoms with E-state index in [0.29, 0.717) is 47.4 Å². The molecular formula is C27H33N3O4S. The smallest absolute Gasteiger partial charge is 0.256 e. The topological polar surface area (TPSA) is 79.0 Å². The van der Waals surface area contributed by atoms with E-state index >= 15 is 0 Å². The van der Waals surface area contributed by atoms with Gasteiger partial charge in [-0.3, -0.25) is 14.4 Å². The molecule has 1 aliphatic carbocycles. The number of hydrogen-bond donors (Lipinski definition) is 1. The molecule has 2 aliphatic rings. The summed E-state index contributed by atoms with van der Waals surface area (Å²) in [5.74, 6) is 0.768. The second-order valence-corrected chi connectivity index (χ2v) is 10.1. The number of carbonyl (C=O) groups is 3. The molecule has 1 saturated carbocycles. The second-order valence-electron chi connectivity index (χ2n) is 9.07. The van der Waals surface area contributed by atoms with Gasteiger partial charge in [0.05, 0.1) is 24.1 Å². The van der Waals surface area contributed by atoms with Gasteiger partial charge < -0.3 is 19.9 Å². The van der Waals surface area contributed by atoms with E-state index in [4.69, 9.17) is 4.74 Å². The average molecular weight is 496 g/mol. The lowest BCUT2D eigenvalue weighted by Crippen LogP contribution is -2.39. The maximum absolute atomic E-state index is 13.2. The van der Waals surface area contributed by atoms with Crippen LogP contribution in [0.2, 0.25) is 0 Å². The summed E-state index contributed by atoms with van der Waals surface area (Å²) in [6.45, 7) is 0.634. The Labute approximate surface area is 211 Å². The number of nitrogens with zero attached hydrogens (tertiary/aromatic N) is 2. The van der Waals surface area contributed by atoms with E-state index in [1.165, 1.54) is 31.0 Å². The van der Waals surface area contributed by atoms with E-state index in [2.05, 4.69) is 5.32 Å². The molecule has 7 nitrogen and oxygen atoms in total. The molecule has 2 aromatic carbocycles. The first kappa shape index (κ1) is 25.1. The molecule has 0 unspecified atom stereocenters. The van der Waals surface area contributed by atoms with Gasteiger partial charge in [0.25, 0.3) is 5.91 Å². The summed E-state index contributed by atoms with van der Waals surface area (Å²) in [4.78, 5) is 42.6. The quantitative estimate of drug-likeness (QED) is 0.524. The molecular weight excluding hydrogens is 462 g/mol. The second kappa shape index (κ2) is 11.6. The van der Waals surface area contributed by atoms with Crippen LogP contribution >= 0.6 is 11.8 Å². The summed E-state index contributed by atoms with van der Waals surface area (Å²) in [5, 5.41) is 2.95. The van der Waals surface area contributed by atoms with Crippen molar-refractivity contribution in [2.45, 2.75) is 55.9 Å². The molecule has 186 valence electrons. The van der Waals surface area contributed by atoms with E-state index in [1.54, 1.807) is 36.3 Å². The van der Waals surface area contributed by atoms with Crippen LogP contribution in [0.4, 0.5) is 11.4 Å². The zero-order valence-electron chi connectivity index (χ0n) is 20.4. The Bertz CT molecular complexity index is 1080. The number of hydrogen-bond acceptors (Lipinski definition) is 5. The van der Waals surface area contributed by atoms with Crippen LogP contribution in [0.15, 0.2) is 47.4 Å². The molecule has 1 N–H and O–H groups in total. The Kier molecular flexibility index (Phi) is 8.33. The highest BCUT2D eigenvalue weighted by atomic mass is 32.2. The zero-order chi connectivity index (χ0) is 24.8. The Morgan fingerprint density at radius 3 is 2.60 bits per heavy atom. The van der Waals surface area contributed by atoms with Gasteiger partial charge >= 0.3 is 0 Å². The minimum atomic E-state index is -0.259. The number of amides is 3. The van der Waals surface area contributed by atoms with Crippen LogP contribution in [0, 0.1) is 0 Å². The number of ether oxygens (including phenoxy) is 1. The lowest BCUT2D eigenvalue weighted by Gasteiger charge is -2.31. The van der Waals surface area contributed by atoms with E-state index < -0.39 is 0 Å². The predicted octanol–water partition coefficient (Wildman–Crippen LogP) is 4.96. The summed E-state index contributed by atoms with van der Waals surface area (Å²) in [5.41, 5.74) is 1.76. The molecule has 4 rings (SSSR count). The third kappa shape index (κ3) is 5.99. The van der Waals surface area contributed by atoms with Crippen molar-refractivity contribution in [2.75, 3.05) is 36.7 Å². The first-order chi connectivity index (χ1) is 17.0. The van der Waals surface area contributed by atoms with E-state index in [-0.39, 0.29) is 17.7 Å². The summed E-state index contributed by atoms with van der Waals surface area (Å²) in [6, 6.07) is 12.9. The monoisotopic (exact) mass is 495 g/mol. The number of methoxy groups -OCH3 is 1. The number of carbonyl (C=O) groups excluding carboxylic acids is 3. The van der Waals surface area contributed by atoms with Crippen LogP contribution in [-0.4, -0.2) is 55.1 Å². The molecule has 1 heterocycles. The van der Waals surface area contributed by atoms with Crippen molar-refractivity contribution in [1.29, 1.82) is 0 Å². The maximum Gasteiger partial charge on any atom is 0.256 e. The minimum absolute atomic E-state index is 0.0522. The number of anilines is 2. The van der Waals surface area contributed by atoms with Gasteiger partial charge in [0.2, 0.25) is 11.8 Å². The first-order valence-corrected chi connectivity index (χ1v) is 13.2. The van der Waals surface area contributed by atoms with Gasteiger partial charge in [-0.2, -0.15) is 0 Å². The van der Waals surface area contributed by atoms with Crippen LogP contribution < -0.4 is 15.0 Å². The molecule has 3 amide bonds. The third-order valence-corrected chi connectivity index (χ3v) is 7.86. The Balaban J connectivity index is 1.44. The van der Waals surface area contributed by atoms with Gasteiger partial charge in [-0.15, -0.1) is 11.8 Å². The number of benzene rings is 2. The Hall–Kier alpha value is -3.00. The summed E-state index contributed by atoms with van der Waals surface area (Å²) >= 11 is 1.39. The average Bonchev–Trinajstić information content (AvgIpc) is 3.33. The third-order valence-electron chi connectivity index (χ3n) is 6.80. The molecule has 2 fully saturated rings. The molecule has 35 heavy (non-hydrogen) atoms. The lowest BCUT2D eigenvalue weighted by molar-refractivity contribution is -0.129. The van der Waals surface area contributed by atoms with Crippen molar-refractivity contribution in [3.05, 3.63) is 48.0 Å². The predicted molar refractivity (Wildman–Crippen MR) is 139 cm³/mol. The van der Waals surface area contributed by atoms with Gasteiger partial charge in [0.15, 0.2) is 0 Å². The highest BCUT2D eigenvalue weighted by molar-refractivity contribution is 8.00. The van der Waals surface area contributed by atoms with Crippen LogP contribution in [0.3, 0.4) is 0 Å². The molecule has 1 aliphatic heterocycles. The number of nitrogens with one attached hydrogen (secondary N) is 1. The highest BCUT2D eigenvalue weighted by Gasteiger charge is 2.25. The standard InChI is InChI=1S/C27H33N3O4S/c1-29(20-9-4-3-5-10-20)26(32)18-35-24-12-7-6-11-21(24)27(33)28-19-14-15-23(34-2)22(17-19)30-16-8-13-25(30)31/h6-7,11-12,14-15,17,20H,3-5,8-10,13,16,18H2,1-2H3,(H,28,33). The van der Waals surface area contributed by atoms with E-state index in [0.717, 1.165) is 24.2 Å². The SMILES string of the molecule is COc1ccc(NC(=O)c2ccccc2SCC(=O)N(C)C2CCCCC2)cc1N1CCCC1=O. The van der Waals surface area contributed by atoms with Crippen LogP contribution in [-0.2, 0) is 9.59 Å². The van der Waals surface area contributed by atoms with Crippen molar-refractivity contribution < 1.29 is 19.1 Å². The van der Waals surface area contributed by atoms with E-state index in [1.807, 2.05) is 30.1 Å². The first-order valence-electron chi connectivity index (χ1n) is 12.2. The Morgan fingerprint density at radius 1 is 1.11 bits per heavy atom. The fraction of sp³-hybridized carbons (Fsp3) is 0.444. The van der Waals surface area contributed by atoms with Gasteiger partial charge in [-0.1, -0.05) is 31.4 Å². The van der Waals surface area contributed by atoms with Gasteiger partial charge in [-0.05, 0) is 49.6 Å². The minimum Gasteiger partial charge on any atom is -0.495 e. The van der Waals surface area contributed by atoms with Crippen molar-refractivity contribution in [1.82, 2.24) is 4.90 Å². The van der Waals surface area contributed by atoms with Crippen molar-refractivity contribution in [2.24, 2.45) is 0 Å². The van der Waals surface area contributed by atoms with Crippen molar-refractivity contribution in [3.8, 4) is 5.75 Å². The van der Waals surface area contributed by atoms with Crippen LogP contribution in [0.25, 0.3) is 0 Å². The van der Waals surface area contributed by atoms with Gasteiger partial charge in [0.1, 0.15) is 5.75 Å².